The summed E-state index contributed by atoms with van der Waals surface area (Å²) in [6.45, 7) is 7.82. The van der Waals surface area contributed by atoms with Crippen molar-refractivity contribution in [3.05, 3.63) is 28.8 Å². The van der Waals surface area contributed by atoms with Crippen molar-refractivity contribution in [2.45, 2.75) is 39.3 Å². The van der Waals surface area contributed by atoms with Crippen LogP contribution in [0.4, 0.5) is 0 Å². The van der Waals surface area contributed by atoms with E-state index in [0.29, 0.717) is 0 Å². The molecule has 102 valence electrons. The van der Waals surface area contributed by atoms with Crippen LogP contribution in [0, 0.1) is 13.8 Å². The van der Waals surface area contributed by atoms with Gasteiger partial charge in [0.1, 0.15) is 5.75 Å². The molecule has 0 amide bonds. The van der Waals surface area contributed by atoms with Crippen LogP contribution in [0.1, 0.15) is 36.6 Å². The van der Waals surface area contributed by atoms with Gasteiger partial charge in [-0.2, -0.15) is 0 Å². The summed E-state index contributed by atoms with van der Waals surface area (Å²) in [4.78, 5) is 2.05. The first-order valence-corrected chi connectivity index (χ1v) is 6.23. The predicted molar refractivity (Wildman–Crippen MR) is 75.2 cm³/mol. The fourth-order valence-electron chi connectivity index (χ4n) is 2.62. The largest absolute Gasteiger partial charge is 0.496 e. The highest BCUT2D eigenvalue weighted by Gasteiger charge is 2.31. The summed E-state index contributed by atoms with van der Waals surface area (Å²) in [5, 5.41) is 10.4. The van der Waals surface area contributed by atoms with Gasteiger partial charge in [0, 0.05) is 0 Å². The van der Waals surface area contributed by atoms with E-state index in [1.165, 1.54) is 5.56 Å². The minimum Gasteiger partial charge on any atom is -0.496 e. The second-order valence-electron chi connectivity index (χ2n) is 5.63. The highest BCUT2D eigenvalue weighted by molar-refractivity contribution is 5.45. The van der Waals surface area contributed by atoms with Gasteiger partial charge in [-0.25, -0.2) is 0 Å². The fraction of sp³-hybridized carbons (Fsp3) is 0.600. The van der Waals surface area contributed by atoms with E-state index in [-0.39, 0.29) is 6.04 Å². The third kappa shape index (κ3) is 2.85. The van der Waals surface area contributed by atoms with Crippen molar-refractivity contribution in [2.24, 2.45) is 0 Å². The van der Waals surface area contributed by atoms with Crippen LogP contribution < -0.4 is 4.74 Å². The zero-order valence-electron chi connectivity index (χ0n) is 12.5. The predicted octanol–water partition coefficient (Wildman–Crippen LogP) is 2.69. The molecule has 1 rings (SSSR count). The molecule has 0 spiro atoms. The lowest BCUT2D eigenvalue weighted by molar-refractivity contribution is -0.00346. The van der Waals surface area contributed by atoms with Gasteiger partial charge in [-0.1, -0.05) is 6.07 Å². The van der Waals surface area contributed by atoms with Crippen molar-refractivity contribution < 1.29 is 9.84 Å². The van der Waals surface area contributed by atoms with Crippen molar-refractivity contribution in [3.63, 3.8) is 0 Å². The van der Waals surface area contributed by atoms with Crippen LogP contribution in [-0.2, 0) is 0 Å². The maximum atomic E-state index is 10.4. The van der Waals surface area contributed by atoms with Crippen molar-refractivity contribution in [2.75, 3.05) is 21.2 Å². The molecule has 1 N–H and O–H groups in total. The maximum Gasteiger partial charge on any atom is 0.122 e. The van der Waals surface area contributed by atoms with Crippen LogP contribution in [-0.4, -0.2) is 36.8 Å². The van der Waals surface area contributed by atoms with Crippen LogP contribution in [0.2, 0.25) is 0 Å². The van der Waals surface area contributed by atoms with Crippen molar-refractivity contribution in [1.82, 2.24) is 4.90 Å². The normalized spacial score (nSPS) is 13.8. The van der Waals surface area contributed by atoms with Gasteiger partial charge in [-0.05, 0) is 64.5 Å². The van der Waals surface area contributed by atoms with E-state index in [0.717, 1.165) is 16.9 Å². The highest BCUT2D eigenvalue weighted by Crippen LogP contribution is 2.35. The molecule has 3 nitrogen and oxygen atoms in total. The van der Waals surface area contributed by atoms with Gasteiger partial charge in [-0.15, -0.1) is 0 Å². The Morgan fingerprint density at radius 3 is 2.11 bits per heavy atom. The van der Waals surface area contributed by atoms with Crippen LogP contribution >= 0.6 is 0 Å². The quantitative estimate of drug-likeness (QED) is 0.893. The van der Waals surface area contributed by atoms with Gasteiger partial charge >= 0.3 is 0 Å². The number of likely N-dealkylation sites (N-methyl/N-ethyl adjacent to an activating group) is 1. The molecule has 0 aromatic heterocycles. The highest BCUT2D eigenvalue weighted by atomic mass is 16.5. The smallest absolute Gasteiger partial charge is 0.122 e. The number of nitrogens with zero attached hydrogens (tertiary/aromatic N) is 1. The number of hydrogen-bond acceptors (Lipinski definition) is 3. The first-order valence-electron chi connectivity index (χ1n) is 6.23. The molecule has 0 saturated carbocycles. The average molecular weight is 251 g/mol. The van der Waals surface area contributed by atoms with E-state index in [4.69, 9.17) is 4.74 Å². The van der Waals surface area contributed by atoms with E-state index < -0.39 is 5.60 Å². The Labute approximate surface area is 110 Å². The Hall–Kier alpha value is -1.06. The summed E-state index contributed by atoms with van der Waals surface area (Å²) < 4.78 is 5.33. The monoisotopic (exact) mass is 251 g/mol. The lowest BCUT2D eigenvalue weighted by Crippen LogP contribution is -2.39. The van der Waals surface area contributed by atoms with Crippen LogP contribution in [0.25, 0.3) is 0 Å². The molecule has 1 unspecified atom stereocenters. The number of hydrogen-bond donors (Lipinski definition) is 1. The summed E-state index contributed by atoms with van der Waals surface area (Å²) in [7, 11) is 5.66. The molecule has 0 fully saturated rings. The molecule has 0 aliphatic rings. The number of methoxy groups -OCH3 is 1. The van der Waals surface area contributed by atoms with E-state index in [9.17, 15) is 5.11 Å². The molecule has 0 saturated heterocycles. The Morgan fingerprint density at radius 1 is 1.17 bits per heavy atom. The third-order valence-electron chi connectivity index (χ3n) is 3.48. The van der Waals surface area contributed by atoms with E-state index >= 15 is 0 Å². The lowest BCUT2D eigenvalue weighted by Gasteiger charge is -2.36. The molecular weight excluding hydrogens is 226 g/mol. The second kappa shape index (κ2) is 5.29. The lowest BCUT2D eigenvalue weighted by atomic mass is 9.86. The standard InChI is InChI=1S/C15H25NO2/c1-10-11(2)13(18-7)9-8-12(10)14(16(5)6)15(3,4)17/h8-9,14,17H,1-7H3. The van der Waals surface area contributed by atoms with Crippen LogP contribution in [0.5, 0.6) is 5.75 Å². The molecule has 18 heavy (non-hydrogen) atoms. The Balaban J connectivity index is 3.35. The minimum absolute atomic E-state index is 0.0397. The van der Waals surface area contributed by atoms with Crippen molar-refractivity contribution >= 4 is 0 Å². The van der Waals surface area contributed by atoms with Gasteiger partial charge in [0.15, 0.2) is 0 Å². The molecule has 1 aromatic carbocycles. The summed E-state index contributed by atoms with van der Waals surface area (Å²) in [6, 6.07) is 3.98. The topological polar surface area (TPSA) is 32.7 Å². The number of aliphatic hydroxyl groups is 1. The summed E-state index contributed by atoms with van der Waals surface area (Å²) in [5.41, 5.74) is 2.65. The van der Waals surface area contributed by atoms with Crippen molar-refractivity contribution in [1.29, 1.82) is 0 Å². The second-order valence-corrected chi connectivity index (χ2v) is 5.63. The summed E-state index contributed by atoms with van der Waals surface area (Å²) >= 11 is 0. The van der Waals surface area contributed by atoms with Gasteiger partial charge < -0.3 is 9.84 Å². The average Bonchev–Trinajstić information content (AvgIpc) is 2.22. The SMILES string of the molecule is COc1ccc(C(N(C)C)C(C)(C)O)c(C)c1C. The van der Waals surface area contributed by atoms with E-state index in [1.807, 2.05) is 45.0 Å². The fourth-order valence-corrected chi connectivity index (χ4v) is 2.62. The van der Waals surface area contributed by atoms with Gasteiger partial charge in [-0.3, -0.25) is 4.90 Å². The van der Waals surface area contributed by atoms with Crippen molar-refractivity contribution in [3.8, 4) is 5.75 Å². The Bertz CT molecular complexity index is 419. The minimum atomic E-state index is -0.796. The molecule has 1 aromatic rings. The number of benzene rings is 1. The number of rotatable bonds is 4. The molecule has 0 radical (unpaired) electrons. The molecule has 3 heteroatoms. The molecule has 0 aliphatic heterocycles. The third-order valence-corrected chi connectivity index (χ3v) is 3.48. The zero-order chi connectivity index (χ0) is 14.1. The maximum absolute atomic E-state index is 10.4. The Morgan fingerprint density at radius 2 is 1.72 bits per heavy atom. The van der Waals surface area contributed by atoms with E-state index in [2.05, 4.69) is 13.8 Å². The first-order chi connectivity index (χ1) is 8.20. The first kappa shape index (κ1) is 15.0. The van der Waals surface area contributed by atoms with Crippen LogP contribution in [0.3, 0.4) is 0 Å². The number of ether oxygens (including phenoxy) is 1. The molecule has 0 heterocycles. The zero-order valence-corrected chi connectivity index (χ0v) is 12.5. The Kier molecular flexibility index (Phi) is 4.41. The van der Waals surface area contributed by atoms with E-state index in [1.54, 1.807) is 7.11 Å². The molecule has 1 atom stereocenters. The van der Waals surface area contributed by atoms with Crippen LogP contribution in [0.15, 0.2) is 12.1 Å². The van der Waals surface area contributed by atoms with Gasteiger partial charge in [0.2, 0.25) is 0 Å². The summed E-state index contributed by atoms with van der Waals surface area (Å²) in [5.74, 6) is 0.893. The van der Waals surface area contributed by atoms with Gasteiger partial charge in [0.25, 0.3) is 0 Å². The molecule has 0 aliphatic carbocycles. The molecular formula is C15H25NO2. The summed E-state index contributed by atoms with van der Waals surface area (Å²) in [6.07, 6.45) is 0. The molecule has 0 bridgehead atoms. The van der Waals surface area contributed by atoms with Gasteiger partial charge in [0.05, 0.1) is 18.8 Å².